The molecule has 38 heavy (non-hydrogen) atoms. The maximum absolute atomic E-state index is 13.6. The zero-order chi connectivity index (χ0) is 27.4. The van der Waals surface area contributed by atoms with Gasteiger partial charge in [-0.1, -0.05) is 6.07 Å². The summed E-state index contributed by atoms with van der Waals surface area (Å²) >= 11 is 0. The lowest BCUT2D eigenvalue weighted by atomic mass is 10.1. The van der Waals surface area contributed by atoms with Gasteiger partial charge in [-0.25, -0.2) is 4.79 Å². The van der Waals surface area contributed by atoms with Crippen molar-refractivity contribution in [1.82, 2.24) is 4.90 Å². The Morgan fingerprint density at radius 3 is 2.37 bits per heavy atom. The minimum absolute atomic E-state index is 0.0991. The second-order valence-corrected chi connectivity index (χ2v) is 10.6. The summed E-state index contributed by atoms with van der Waals surface area (Å²) < 4.78 is 5.54. The van der Waals surface area contributed by atoms with E-state index in [4.69, 9.17) is 10.5 Å². The molecule has 4 amide bonds. The minimum Gasteiger partial charge on any atom is -0.444 e. The maximum atomic E-state index is 13.6. The number of nitrogens with zero attached hydrogens (tertiary/aromatic N) is 3. The Labute approximate surface area is 222 Å². The number of anilines is 3. The fourth-order valence-corrected chi connectivity index (χ4v) is 4.68. The number of nitrogens with one attached hydrogen (secondary N) is 1. The third-order valence-corrected chi connectivity index (χ3v) is 6.57. The summed E-state index contributed by atoms with van der Waals surface area (Å²) in [5.74, 6) is -0.775. The van der Waals surface area contributed by atoms with E-state index in [0.29, 0.717) is 43.0 Å². The molecule has 202 valence electrons. The van der Waals surface area contributed by atoms with Gasteiger partial charge < -0.3 is 30.5 Å². The van der Waals surface area contributed by atoms with Crippen LogP contribution in [0.5, 0.6) is 0 Å². The van der Waals surface area contributed by atoms with Crippen molar-refractivity contribution in [1.29, 1.82) is 0 Å². The van der Waals surface area contributed by atoms with Gasteiger partial charge in [0.2, 0.25) is 17.7 Å². The Bertz CT molecular complexity index is 1210. The van der Waals surface area contributed by atoms with E-state index in [1.807, 2.05) is 17.0 Å². The molecule has 2 fully saturated rings. The average Bonchev–Trinajstić information content (AvgIpc) is 2.88. The first-order valence-electron chi connectivity index (χ1n) is 12.9. The maximum Gasteiger partial charge on any atom is 0.410 e. The molecule has 10 nitrogen and oxygen atoms in total. The number of carbonyl (C=O) groups excluding carboxylic acids is 4. The van der Waals surface area contributed by atoms with Crippen molar-refractivity contribution in [3.8, 4) is 0 Å². The lowest BCUT2D eigenvalue weighted by Gasteiger charge is -2.42. The van der Waals surface area contributed by atoms with Crippen LogP contribution in [-0.2, 0) is 14.3 Å². The fraction of sp³-hybridized carbons (Fsp3) is 0.429. The molecule has 3 N–H and O–H groups in total. The number of benzene rings is 2. The molecule has 2 aliphatic rings. The molecule has 2 saturated heterocycles. The van der Waals surface area contributed by atoms with Crippen LogP contribution >= 0.6 is 0 Å². The monoisotopic (exact) mass is 521 g/mol. The first kappa shape index (κ1) is 27.0. The fourth-order valence-electron chi connectivity index (χ4n) is 4.68. The number of amides is 4. The largest absolute Gasteiger partial charge is 0.444 e. The second kappa shape index (κ2) is 11.1. The van der Waals surface area contributed by atoms with Crippen molar-refractivity contribution >= 4 is 40.9 Å². The Morgan fingerprint density at radius 2 is 1.71 bits per heavy atom. The van der Waals surface area contributed by atoms with Crippen LogP contribution < -0.4 is 20.9 Å². The van der Waals surface area contributed by atoms with E-state index in [1.165, 1.54) is 4.90 Å². The van der Waals surface area contributed by atoms with Crippen molar-refractivity contribution in [2.45, 2.75) is 51.7 Å². The van der Waals surface area contributed by atoms with Crippen molar-refractivity contribution in [2.24, 2.45) is 5.73 Å². The van der Waals surface area contributed by atoms with Crippen LogP contribution in [0.3, 0.4) is 0 Å². The van der Waals surface area contributed by atoms with Crippen molar-refractivity contribution in [3.63, 3.8) is 0 Å². The third kappa shape index (κ3) is 6.42. The average molecular weight is 522 g/mol. The molecular formula is C28H35N5O5. The molecule has 2 aliphatic heterocycles. The third-order valence-electron chi connectivity index (χ3n) is 6.57. The van der Waals surface area contributed by atoms with Gasteiger partial charge in [0.25, 0.3) is 0 Å². The van der Waals surface area contributed by atoms with E-state index in [0.717, 1.165) is 18.5 Å². The van der Waals surface area contributed by atoms with E-state index < -0.39 is 23.6 Å². The van der Waals surface area contributed by atoms with Crippen LogP contribution in [0.1, 0.15) is 50.4 Å². The van der Waals surface area contributed by atoms with Crippen LogP contribution in [-0.4, -0.2) is 66.5 Å². The zero-order valence-corrected chi connectivity index (χ0v) is 22.1. The Kier molecular flexibility index (Phi) is 7.89. The summed E-state index contributed by atoms with van der Waals surface area (Å²) in [6.07, 6.45) is 1.93. The van der Waals surface area contributed by atoms with Crippen LogP contribution in [0.2, 0.25) is 0 Å². The van der Waals surface area contributed by atoms with Crippen LogP contribution in [0, 0.1) is 0 Å². The normalized spacial score (nSPS) is 18.2. The smallest absolute Gasteiger partial charge is 0.410 e. The predicted molar refractivity (Wildman–Crippen MR) is 145 cm³/mol. The second-order valence-electron chi connectivity index (χ2n) is 10.6. The van der Waals surface area contributed by atoms with Crippen LogP contribution in [0.15, 0.2) is 48.5 Å². The summed E-state index contributed by atoms with van der Waals surface area (Å²) in [7, 11) is 0. The number of piperidine rings is 1. The Balaban J connectivity index is 1.54. The molecule has 1 unspecified atom stereocenters. The molecule has 0 saturated carbocycles. The molecule has 10 heteroatoms. The number of carbonyl (C=O) groups is 4. The molecule has 1 atom stereocenters. The van der Waals surface area contributed by atoms with Crippen LogP contribution in [0.4, 0.5) is 21.9 Å². The highest BCUT2D eigenvalue weighted by Crippen LogP contribution is 2.26. The van der Waals surface area contributed by atoms with E-state index in [9.17, 15) is 19.2 Å². The van der Waals surface area contributed by atoms with Gasteiger partial charge >= 0.3 is 6.09 Å². The minimum atomic E-state index is -0.747. The first-order valence-corrected chi connectivity index (χ1v) is 12.9. The van der Waals surface area contributed by atoms with Gasteiger partial charge in [-0.05, 0) is 76.1 Å². The number of ether oxygens (including phenoxy) is 1. The summed E-state index contributed by atoms with van der Waals surface area (Å²) in [5.41, 5.74) is 7.17. The molecule has 4 rings (SSSR count). The molecule has 0 radical (unpaired) electrons. The van der Waals surface area contributed by atoms with E-state index in [2.05, 4.69) is 5.32 Å². The van der Waals surface area contributed by atoms with Crippen molar-refractivity contribution < 1.29 is 23.9 Å². The molecule has 2 aromatic carbocycles. The van der Waals surface area contributed by atoms with Gasteiger partial charge in [-0.2, -0.15) is 0 Å². The number of primary amides is 1. The summed E-state index contributed by atoms with van der Waals surface area (Å²) in [4.78, 5) is 55.5. The number of piperazine rings is 1. The van der Waals surface area contributed by atoms with Crippen molar-refractivity contribution in [3.05, 3.63) is 54.1 Å². The van der Waals surface area contributed by atoms with Gasteiger partial charge in [0.1, 0.15) is 11.6 Å². The quantitative estimate of drug-likeness (QED) is 0.622. The van der Waals surface area contributed by atoms with Gasteiger partial charge in [0.15, 0.2) is 0 Å². The van der Waals surface area contributed by atoms with E-state index in [-0.39, 0.29) is 18.4 Å². The predicted octanol–water partition coefficient (Wildman–Crippen LogP) is 3.37. The Morgan fingerprint density at radius 1 is 0.974 bits per heavy atom. The molecule has 2 aromatic rings. The topological polar surface area (TPSA) is 125 Å². The van der Waals surface area contributed by atoms with Crippen LogP contribution in [0.25, 0.3) is 0 Å². The molecule has 0 aromatic heterocycles. The first-order chi connectivity index (χ1) is 18.0. The number of hydrogen-bond donors (Lipinski definition) is 2. The standard InChI is InChI=1S/C28H35N5O5/c1-28(2,3)38-27(37)31-15-16-32(22-8-6-7-19(17-22)25(29)35)23(18-31)26(36)30-20-10-12-21(13-11-20)33-14-5-4-9-24(33)34/h6-8,10-13,17,23H,4-5,9,14-16,18H2,1-3H3,(H2,29,35)(H,30,36). The highest BCUT2D eigenvalue weighted by atomic mass is 16.6. The number of hydrogen-bond acceptors (Lipinski definition) is 6. The summed E-state index contributed by atoms with van der Waals surface area (Å²) in [6, 6.07) is 13.2. The van der Waals surface area contributed by atoms with Gasteiger partial charge in [-0.3, -0.25) is 14.4 Å². The molecule has 2 heterocycles. The zero-order valence-electron chi connectivity index (χ0n) is 22.1. The SMILES string of the molecule is CC(C)(C)OC(=O)N1CCN(c2cccc(C(N)=O)c2)C(C(=O)Nc2ccc(N3CCCCC3=O)cc2)C1. The molecular weight excluding hydrogens is 486 g/mol. The number of rotatable bonds is 5. The highest BCUT2D eigenvalue weighted by molar-refractivity contribution is 5.99. The summed E-state index contributed by atoms with van der Waals surface area (Å²) in [6.45, 7) is 6.87. The highest BCUT2D eigenvalue weighted by Gasteiger charge is 2.36. The molecule has 0 spiro atoms. The van der Waals surface area contributed by atoms with Gasteiger partial charge in [-0.15, -0.1) is 0 Å². The lowest BCUT2D eigenvalue weighted by Crippen LogP contribution is -2.59. The van der Waals surface area contributed by atoms with E-state index >= 15 is 0 Å². The molecule has 0 bridgehead atoms. The number of nitrogens with two attached hydrogens (primary N) is 1. The van der Waals surface area contributed by atoms with Crippen molar-refractivity contribution in [2.75, 3.05) is 41.3 Å². The Hall–Kier alpha value is -4.08. The van der Waals surface area contributed by atoms with Gasteiger partial charge in [0.05, 0.1) is 6.54 Å². The van der Waals surface area contributed by atoms with E-state index in [1.54, 1.807) is 62.1 Å². The molecule has 0 aliphatic carbocycles. The van der Waals surface area contributed by atoms with Gasteiger partial charge in [0, 0.05) is 48.7 Å². The lowest BCUT2D eigenvalue weighted by molar-refractivity contribution is -0.120. The summed E-state index contributed by atoms with van der Waals surface area (Å²) in [5, 5.41) is 2.94.